The van der Waals surface area contributed by atoms with E-state index in [9.17, 15) is 5.11 Å². The largest absolute Gasteiger partial charge is 0.477 e. The maximum Gasteiger partial charge on any atom is 0.216 e. The van der Waals surface area contributed by atoms with Gasteiger partial charge in [-0.1, -0.05) is 18.2 Å². The van der Waals surface area contributed by atoms with Crippen LogP contribution in [-0.2, 0) is 0 Å². The molecule has 0 amide bonds. The summed E-state index contributed by atoms with van der Waals surface area (Å²) in [5.74, 6) is 0.654. The van der Waals surface area contributed by atoms with E-state index in [0.29, 0.717) is 18.9 Å². The zero-order valence-corrected chi connectivity index (χ0v) is 15.0. The van der Waals surface area contributed by atoms with Crippen molar-refractivity contribution in [3.63, 3.8) is 0 Å². The third-order valence-corrected chi connectivity index (χ3v) is 4.20. The number of rotatable bonds is 5. The molecule has 0 aliphatic rings. The highest BCUT2D eigenvalue weighted by Crippen LogP contribution is 2.31. The van der Waals surface area contributed by atoms with Crippen LogP contribution < -0.4 is 4.74 Å². The molecule has 1 aromatic heterocycles. The van der Waals surface area contributed by atoms with Gasteiger partial charge in [-0.2, -0.15) is 0 Å². The predicted molar refractivity (Wildman–Crippen MR) is 95.0 cm³/mol. The van der Waals surface area contributed by atoms with Gasteiger partial charge in [0.25, 0.3) is 0 Å². The van der Waals surface area contributed by atoms with Crippen LogP contribution in [0.25, 0.3) is 11.1 Å². The molecule has 0 bridgehead atoms. The van der Waals surface area contributed by atoms with E-state index in [1.54, 1.807) is 13.8 Å². The molecular weight excluding hydrogens is 286 g/mol. The highest BCUT2D eigenvalue weighted by atomic mass is 16.5. The van der Waals surface area contributed by atoms with Crippen molar-refractivity contribution in [2.45, 2.75) is 53.6 Å². The Hall–Kier alpha value is -1.87. The summed E-state index contributed by atoms with van der Waals surface area (Å²) in [4.78, 5) is 4.64. The van der Waals surface area contributed by atoms with Gasteiger partial charge in [0.1, 0.15) is 0 Å². The minimum absolute atomic E-state index is 0.458. The van der Waals surface area contributed by atoms with Gasteiger partial charge in [0.05, 0.1) is 12.2 Å². The van der Waals surface area contributed by atoms with E-state index in [1.807, 2.05) is 13.8 Å². The highest BCUT2D eigenvalue weighted by Gasteiger charge is 2.15. The summed E-state index contributed by atoms with van der Waals surface area (Å²) in [6.07, 6.45) is 0.575. The Morgan fingerprint density at radius 3 is 2.39 bits per heavy atom. The smallest absolute Gasteiger partial charge is 0.216 e. The number of aromatic nitrogens is 1. The van der Waals surface area contributed by atoms with Gasteiger partial charge in [0.2, 0.25) is 5.88 Å². The Kier molecular flexibility index (Phi) is 5.10. The fourth-order valence-electron chi connectivity index (χ4n) is 2.54. The molecule has 0 aliphatic carbocycles. The number of hydrogen-bond acceptors (Lipinski definition) is 3. The fraction of sp³-hybridized carbons (Fsp3) is 0.450. The number of pyridine rings is 1. The third-order valence-electron chi connectivity index (χ3n) is 4.20. The van der Waals surface area contributed by atoms with Crippen molar-refractivity contribution >= 4 is 0 Å². The average molecular weight is 313 g/mol. The summed E-state index contributed by atoms with van der Waals surface area (Å²) >= 11 is 0. The van der Waals surface area contributed by atoms with Crippen molar-refractivity contribution in [2.24, 2.45) is 0 Å². The molecule has 0 saturated heterocycles. The van der Waals surface area contributed by atoms with E-state index < -0.39 is 5.60 Å². The van der Waals surface area contributed by atoms with E-state index in [0.717, 1.165) is 16.8 Å². The zero-order chi connectivity index (χ0) is 17.2. The summed E-state index contributed by atoms with van der Waals surface area (Å²) in [5.41, 5.74) is 6.20. The molecular formula is C20H27NO2. The van der Waals surface area contributed by atoms with Crippen molar-refractivity contribution < 1.29 is 9.84 Å². The van der Waals surface area contributed by atoms with E-state index in [4.69, 9.17) is 4.74 Å². The van der Waals surface area contributed by atoms with Crippen LogP contribution >= 0.6 is 0 Å². The molecule has 3 nitrogen and oxygen atoms in total. The molecule has 124 valence electrons. The standard InChI is InChI=1S/C20H27NO2/c1-13-8-7-9-17(15(13)3)18-12-14(2)19(21-16(18)4)23-11-10-20(5,6)22/h7-9,12,22H,10-11H2,1-6H3. The van der Waals surface area contributed by atoms with Crippen LogP contribution in [0.5, 0.6) is 5.88 Å². The molecule has 1 N–H and O–H groups in total. The second-order valence-corrected chi connectivity index (χ2v) is 6.90. The van der Waals surface area contributed by atoms with Gasteiger partial charge in [-0.05, 0) is 64.3 Å². The summed E-state index contributed by atoms with van der Waals surface area (Å²) in [7, 11) is 0. The van der Waals surface area contributed by atoms with Crippen LogP contribution in [0.3, 0.4) is 0 Å². The molecule has 0 fully saturated rings. The summed E-state index contributed by atoms with van der Waals surface area (Å²) in [6.45, 7) is 12.3. The van der Waals surface area contributed by atoms with Crippen LogP contribution in [0.15, 0.2) is 24.3 Å². The SMILES string of the molecule is Cc1cc(-c2cccc(C)c2C)c(C)nc1OCCC(C)(C)O. The first kappa shape index (κ1) is 17.5. The molecule has 2 aromatic rings. The first-order valence-electron chi connectivity index (χ1n) is 8.09. The lowest BCUT2D eigenvalue weighted by atomic mass is 9.95. The van der Waals surface area contributed by atoms with Gasteiger partial charge in [0, 0.05) is 23.2 Å². The summed E-state index contributed by atoms with van der Waals surface area (Å²) < 4.78 is 5.77. The topological polar surface area (TPSA) is 42.4 Å². The minimum Gasteiger partial charge on any atom is -0.477 e. The molecule has 3 heteroatoms. The Balaban J connectivity index is 2.29. The highest BCUT2D eigenvalue weighted by molar-refractivity contribution is 5.71. The summed E-state index contributed by atoms with van der Waals surface area (Å²) in [6, 6.07) is 8.49. The van der Waals surface area contributed by atoms with Gasteiger partial charge >= 0.3 is 0 Å². The Morgan fingerprint density at radius 1 is 1.04 bits per heavy atom. The number of aryl methyl sites for hydroxylation is 3. The molecule has 0 atom stereocenters. The molecule has 1 heterocycles. The van der Waals surface area contributed by atoms with Crippen molar-refractivity contribution in [3.8, 4) is 17.0 Å². The van der Waals surface area contributed by atoms with Crippen LogP contribution in [-0.4, -0.2) is 22.3 Å². The van der Waals surface area contributed by atoms with Gasteiger partial charge in [0.15, 0.2) is 0 Å². The molecule has 2 rings (SSSR count). The Bertz CT molecular complexity index is 700. The first-order chi connectivity index (χ1) is 10.7. The molecule has 0 radical (unpaired) electrons. The Labute approximate surface area is 139 Å². The molecule has 0 spiro atoms. The van der Waals surface area contributed by atoms with Crippen molar-refractivity contribution in [1.82, 2.24) is 4.98 Å². The molecule has 1 aromatic carbocycles. The normalized spacial score (nSPS) is 11.6. The lowest BCUT2D eigenvalue weighted by molar-refractivity contribution is 0.0545. The number of hydrogen-bond donors (Lipinski definition) is 1. The van der Waals surface area contributed by atoms with Crippen molar-refractivity contribution in [1.29, 1.82) is 0 Å². The van der Waals surface area contributed by atoms with Crippen LogP contribution in [0.2, 0.25) is 0 Å². The van der Waals surface area contributed by atoms with Crippen LogP contribution in [0.4, 0.5) is 0 Å². The van der Waals surface area contributed by atoms with Gasteiger partial charge in [-0.25, -0.2) is 4.98 Å². The monoisotopic (exact) mass is 313 g/mol. The van der Waals surface area contributed by atoms with Gasteiger partial charge < -0.3 is 9.84 Å². The van der Waals surface area contributed by atoms with Crippen molar-refractivity contribution in [2.75, 3.05) is 6.61 Å². The van der Waals surface area contributed by atoms with E-state index >= 15 is 0 Å². The molecule has 0 unspecified atom stereocenters. The van der Waals surface area contributed by atoms with Gasteiger partial charge in [-0.15, -0.1) is 0 Å². The molecule has 23 heavy (non-hydrogen) atoms. The predicted octanol–water partition coefficient (Wildman–Crippen LogP) is 4.52. The van der Waals surface area contributed by atoms with Crippen molar-refractivity contribution in [3.05, 3.63) is 46.6 Å². The minimum atomic E-state index is -0.721. The van der Waals surface area contributed by atoms with E-state index in [1.165, 1.54) is 16.7 Å². The zero-order valence-electron chi connectivity index (χ0n) is 15.0. The maximum absolute atomic E-state index is 9.77. The van der Waals surface area contributed by atoms with Gasteiger partial charge in [-0.3, -0.25) is 0 Å². The second-order valence-electron chi connectivity index (χ2n) is 6.90. The lowest BCUT2D eigenvalue weighted by Gasteiger charge is -2.18. The lowest BCUT2D eigenvalue weighted by Crippen LogP contribution is -2.22. The number of ether oxygens (including phenoxy) is 1. The molecule has 0 saturated carbocycles. The quantitative estimate of drug-likeness (QED) is 0.882. The summed E-state index contributed by atoms with van der Waals surface area (Å²) in [5, 5.41) is 9.77. The van der Waals surface area contributed by atoms with Crippen LogP contribution in [0.1, 0.15) is 42.7 Å². The Morgan fingerprint density at radius 2 is 1.74 bits per heavy atom. The maximum atomic E-state index is 9.77. The van der Waals surface area contributed by atoms with Crippen LogP contribution in [0, 0.1) is 27.7 Å². The number of aliphatic hydroxyl groups is 1. The van der Waals surface area contributed by atoms with E-state index in [-0.39, 0.29) is 0 Å². The average Bonchev–Trinajstić information content (AvgIpc) is 2.44. The second kappa shape index (κ2) is 6.71. The first-order valence-corrected chi connectivity index (χ1v) is 8.09. The fourth-order valence-corrected chi connectivity index (χ4v) is 2.54. The third kappa shape index (κ3) is 4.32. The van der Waals surface area contributed by atoms with E-state index in [2.05, 4.69) is 43.1 Å². The number of benzene rings is 1. The number of nitrogens with zero attached hydrogens (tertiary/aromatic N) is 1. The molecule has 0 aliphatic heterocycles.